The molecule has 1 aliphatic rings. The number of ether oxygens (including phenoxy) is 1. The fourth-order valence-corrected chi connectivity index (χ4v) is 5.02. The number of hydrogen-bond acceptors (Lipinski definition) is 5. The van der Waals surface area contributed by atoms with E-state index in [4.69, 9.17) is 4.74 Å². The van der Waals surface area contributed by atoms with Gasteiger partial charge in [0.2, 0.25) is 0 Å². The first-order valence-corrected chi connectivity index (χ1v) is 11.4. The summed E-state index contributed by atoms with van der Waals surface area (Å²) in [4.78, 5) is 15.6. The number of hydrogen-bond donors (Lipinski definition) is 2. The molecular formula is C28H31NO4. The number of piperidine rings is 1. The van der Waals surface area contributed by atoms with Gasteiger partial charge in [-0.15, -0.1) is 0 Å². The number of aliphatic hydroxyl groups is 1. The summed E-state index contributed by atoms with van der Waals surface area (Å²) in [6.07, 6.45) is 1.60. The highest BCUT2D eigenvalue weighted by molar-refractivity contribution is 5.87. The lowest BCUT2D eigenvalue weighted by Crippen LogP contribution is -2.46. The van der Waals surface area contributed by atoms with E-state index in [1.165, 1.54) is 7.11 Å². The molecule has 0 radical (unpaired) electrons. The minimum Gasteiger partial charge on any atom is -0.508 e. The van der Waals surface area contributed by atoms with E-state index < -0.39 is 11.0 Å². The summed E-state index contributed by atoms with van der Waals surface area (Å²) in [6, 6.07) is 26.6. The maximum absolute atomic E-state index is 13.3. The summed E-state index contributed by atoms with van der Waals surface area (Å²) in [6.45, 7) is 2.02. The first-order valence-electron chi connectivity index (χ1n) is 11.4. The van der Waals surface area contributed by atoms with Crippen LogP contribution in [0.3, 0.4) is 0 Å². The monoisotopic (exact) mass is 445 g/mol. The molecule has 172 valence electrons. The molecule has 3 aromatic carbocycles. The predicted octanol–water partition coefficient (Wildman–Crippen LogP) is 4.23. The summed E-state index contributed by atoms with van der Waals surface area (Å²) in [5.74, 6) is -0.145. The summed E-state index contributed by atoms with van der Waals surface area (Å²) < 4.78 is 5.34. The number of para-hydroxylation sites is 1. The molecule has 33 heavy (non-hydrogen) atoms. The number of methoxy groups -OCH3 is 1. The summed E-state index contributed by atoms with van der Waals surface area (Å²) >= 11 is 0. The van der Waals surface area contributed by atoms with Crippen LogP contribution in [0.15, 0.2) is 84.9 Å². The van der Waals surface area contributed by atoms with E-state index in [0.29, 0.717) is 44.5 Å². The zero-order valence-electron chi connectivity index (χ0n) is 19.0. The van der Waals surface area contributed by atoms with E-state index in [1.807, 2.05) is 66.7 Å². The van der Waals surface area contributed by atoms with Gasteiger partial charge in [-0.1, -0.05) is 78.9 Å². The highest BCUT2D eigenvalue weighted by Gasteiger charge is 2.44. The molecule has 0 unspecified atom stereocenters. The van der Waals surface area contributed by atoms with Gasteiger partial charge in [-0.05, 0) is 43.0 Å². The average molecular weight is 446 g/mol. The summed E-state index contributed by atoms with van der Waals surface area (Å²) in [5.41, 5.74) is 0.446. The van der Waals surface area contributed by atoms with Gasteiger partial charge >= 0.3 is 5.97 Å². The highest BCUT2D eigenvalue weighted by atomic mass is 16.5. The number of carbonyl (C=O) groups excluding carboxylic acids is 1. The Bertz CT molecular complexity index is 1020. The second-order valence-corrected chi connectivity index (χ2v) is 8.77. The first-order chi connectivity index (χ1) is 16.0. The standard InChI is InChI=1S/C28H31NO4/c1-33-26(31)28(22-10-4-2-5-11-22,23-12-6-3-7-13-23)18-21-29-19-16-27(32,17-20-29)24-14-8-9-15-25(24)30/h2-15,30,32H,16-21H2,1H3. The quantitative estimate of drug-likeness (QED) is 0.533. The van der Waals surface area contributed by atoms with Crippen molar-refractivity contribution in [2.75, 3.05) is 26.7 Å². The van der Waals surface area contributed by atoms with Crippen LogP contribution in [0.4, 0.5) is 0 Å². The lowest BCUT2D eigenvalue weighted by atomic mass is 9.71. The van der Waals surface area contributed by atoms with E-state index in [1.54, 1.807) is 18.2 Å². The number of rotatable bonds is 7. The second kappa shape index (κ2) is 9.77. The van der Waals surface area contributed by atoms with Crippen LogP contribution in [-0.2, 0) is 20.5 Å². The number of benzene rings is 3. The van der Waals surface area contributed by atoms with Crippen LogP contribution >= 0.6 is 0 Å². The molecule has 1 fully saturated rings. The second-order valence-electron chi connectivity index (χ2n) is 8.77. The van der Waals surface area contributed by atoms with Crippen molar-refractivity contribution in [2.45, 2.75) is 30.3 Å². The minimum atomic E-state index is -1.04. The fourth-order valence-electron chi connectivity index (χ4n) is 5.02. The number of nitrogens with zero attached hydrogens (tertiary/aromatic N) is 1. The van der Waals surface area contributed by atoms with Gasteiger partial charge in [-0.25, -0.2) is 0 Å². The third-order valence-electron chi connectivity index (χ3n) is 6.96. The number of aromatic hydroxyl groups is 1. The average Bonchev–Trinajstić information content (AvgIpc) is 2.87. The number of phenols is 1. The van der Waals surface area contributed by atoms with Gasteiger partial charge in [0, 0.05) is 18.7 Å². The van der Waals surface area contributed by atoms with Crippen LogP contribution < -0.4 is 0 Å². The summed E-state index contributed by atoms with van der Waals surface area (Å²) in [7, 11) is 1.44. The predicted molar refractivity (Wildman–Crippen MR) is 128 cm³/mol. The van der Waals surface area contributed by atoms with Gasteiger partial charge in [0.1, 0.15) is 11.2 Å². The van der Waals surface area contributed by atoms with Gasteiger partial charge in [0.05, 0.1) is 12.7 Å². The van der Waals surface area contributed by atoms with Crippen LogP contribution in [0.2, 0.25) is 0 Å². The molecule has 1 saturated heterocycles. The molecule has 0 spiro atoms. The fraction of sp³-hybridized carbons (Fsp3) is 0.321. The molecule has 0 atom stereocenters. The molecule has 0 aromatic heterocycles. The van der Waals surface area contributed by atoms with Crippen LogP contribution in [0.1, 0.15) is 36.0 Å². The Balaban J connectivity index is 1.56. The van der Waals surface area contributed by atoms with E-state index in [0.717, 1.165) is 11.1 Å². The third kappa shape index (κ3) is 4.52. The van der Waals surface area contributed by atoms with Gasteiger partial charge in [0.15, 0.2) is 0 Å². The first kappa shape index (κ1) is 23.0. The number of carbonyl (C=O) groups is 1. The maximum Gasteiger partial charge on any atom is 0.320 e. The molecule has 0 bridgehead atoms. The Kier molecular flexibility index (Phi) is 6.82. The van der Waals surface area contributed by atoms with Crippen LogP contribution in [0.25, 0.3) is 0 Å². The van der Waals surface area contributed by atoms with Gasteiger partial charge in [-0.2, -0.15) is 0 Å². The molecule has 1 aliphatic heterocycles. The van der Waals surface area contributed by atoms with E-state index in [2.05, 4.69) is 4.90 Å². The third-order valence-corrected chi connectivity index (χ3v) is 6.96. The Labute approximate surface area is 195 Å². The lowest BCUT2D eigenvalue weighted by molar-refractivity contribution is -0.146. The smallest absolute Gasteiger partial charge is 0.320 e. The Morgan fingerprint density at radius 3 is 1.94 bits per heavy atom. The molecule has 4 rings (SSSR count). The minimum absolute atomic E-state index is 0.131. The van der Waals surface area contributed by atoms with Crippen molar-refractivity contribution < 1.29 is 19.7 Å². The maximum atomic E-state index is 13.3. The molecule has 5 nitrogen and oxygen atoms in total. The van der Waals surface area contributed by atoms with Gasteiger partial charge in [0.25, 0.3) is 0 Å². The van der Waals surface area contributed by atoms with Gasteiger partial charge in [-0.3, -0.25) is 4.79 Å². The van der Waals surface area contributed by atoms with Crippen LogP contribution in [0, 0.1) is 0 Å². The zero-order chi connectivity index (χ0) is 23.3. The van der Waals surface area contributed by atoms with Crippen molar-refractivity contribution in [3.05, 3.63) is 102 Å². The zero-order valence-corrected chi connectivity index (χ0v) is 19.0. The SMILES string of the molecule is COC(=O)C(CCN1CCC(O)(c2ccccc2O)CC1)(c1ccccc1)c1ccccc1. The number of phenolic OH excluding ortho intramolecular Hbond substituents is 1. The molecule has 1 heterocycles. The molecule has 0 saturated carbocycles. The Hall–Kier alpha value is -3.15. The highest BCUT2D eigenvalue weighted by Crippen LogP contribution is 2.40. The molecule has 5 heteroatoms. The number of esters is 1. The van der Waals surface area contributed by atoms with Crippen LogP contribution in [0.5, 0.6) is 5.75 Å². The van der Waals surface area contributed by atoms with Crippen molar-refractivity contribution in [3.63, 3.8) is 0 Å². The van der Waals surface area contributed by atoms with Gasteiger partial charge < -0.3 is 19.8 Å². The lowest BCUT2D eigenvalue weighted by Gasteiger charge is -2.40. The number of likely N-dealkylation sites (tertiary alicyclic amines) is 1. The molecule has 0 aliphatic carbocycles. The van der Waals surface area contributed by atoms with E-state index in [9.17, 15) is 15.0 Å². The largest absolute Gasteiger partial charge is 0.508 e. The van der Waals surface area contributed by atoms with Crippen molar-refractivity contribution in [1.82, 2.24) is 4.90 Å². The van der Waals surface area contributed by atoms with Crippen molar-refractivity contribution in [1.29, 1.82) is 0 Å². The topological polar surface area (TPSA) is 70.0 Å². The Morgan fingerprint density at radius 1 is 0.909 bits per heavy atom. The Morgan fingerprint density at radius 2 is 1.42 bits per heavy atom. The van der Waals surface area contributed by atoms with Crippen molar-refractivity contribution >= 4 is 5.97 Å². The van der Waals surface area contributed by atoms with Crippen molar-refractivity contribution in [2.24, 2.45) is 0 Å². The molecule has 0 amide bonds. The van der Waals surface area contributed by atoms with Crippen molar-refractivity contribution in [3.8, 4) is 5.75 Å². The summed E-state index contributed by atoms with van der Waals surface area (Å²) in [5, 5.41) is 21.4. The molecule has 3 aromatic rings. The van der Waals surface area contributed by atoms with Crippen LogP contribution in [-0.4, -0.2) is 47.8 Å². The van der Waals surface area contributed by atoms with E-state index >= 15 is 0 Å². The van der Waals surface area contributed by atoms with E-state index in [-0.39, 0.29) is 11.7 Å². The molecule has 2 N–H and O–H groups in total. The normalized spacial score (nSPS) is 16.3. The molecular weight excluding hydrogens is 414 g/mol.